The van der Waals surface area contributed by atoms with Crippen molar-refractivity contribution in [1.29, 1.82) is 0 Å². The number of hydrogen-bond donors (Lipinski definition) is 1. The minimum Gasteiger partial charge on any atom is -0.373 e. The zero-order valence-electron chi connectivity index (χ0n) is 17.5. The Balaban J connectivity index is 1.82. The van der Waals surface area contributed by atoms with Gasteiger partial charge in [-0.1, -0.05) is 30.3 Å². The molecule has 1 saturated carbocycles. The molecule has 1 atom stereocenters. The van der Waals surface area contributed by atoms with Crippen molar-refractivity contribution in [3.8, 4) is 0 Å². The van der Waals surface area contributed by atoms with E-state index in [0.29, 0.717) is 25.0 Å². The van der Waals surface area contributed by atoms with Gasteiger partial charge in [-0.25, -0.2) is 0 Å². The standard InChI is InChI=1S/C23H23F6NO2/c1-14(16-8-18(22(24,25)26)10-19(9-16)23(27,28)29)32-13-21(17-6-4-3-5-7-17)11-20(12-21)30-15(2)31/h3-10,14,20H,11-13H2,1-2H3,(H,30,31)/t14-,20?,21?/m1/s1. The van der Waals surface area contributed by atoms with Crippen LogP contribution in [0.25, 0.3) is 0 Å². The summed E-state index contributed by atoms with van der Waals surface area (Å²) in [7, 11) is 0. The van der Waals surface area contributed by atoms with Crippen molar-refractivity contribution in [2.75, 3.05) is 6.61 Å². The average Bonchev–Trinajstić information content (AvgIpc) is 2.68. The van der Waals surface area contributed by atoms with Gasteiger partial charge in [0, 0.05) is 18.4 Å². The Kier molecular flexibility index (Phi) is 6.60. The van der Waals surface area contributed by atoms with Crippen molar-refractivity contribution < 1.29 is 35.9 Å². The molecule has 1 aliphatic rings. The van der Waals surface area contributed by atoms with Crippen LogP contribution in [0.5, 0.6) is 0 Å². The Morgan fingerprint density at radius 1 is 1.03 bits per heavy atom. The largest absolute Gasteiger partial charge is 0.416 e. The number of benzene rings is 2. The van der Waals surface area contributed by atoms with Crippen LogP contribution in [0.1, 0.15) is 55.0 Å². The SMILES string of the molecule is CC(=O)NC1CC(CO[C@H](C)c2cc(C(F)(F)F)cc(C(F)(F)F)c2)(c2ccccc2)C1. The topological polar surface area (TPSA) is 38.3 Å². The van der Waals surface area contributed by atoms with Gasteiger partial charge in [0.1, 0.15) is 0 Å². The molecule has 1 fully saturated rings. The zero-order valence-corrected chi connectivity index (χ0v) is 17.5. The van der Waals surface area contributed by atoms with E-state index in [4.69, 9.17) is 4.74 Å². The first-order valence-corrected chi connectivity index (χ1v) is 10.0. The predicted molar refractivity (Wildman–Crippen MR) is 106 cm³/mol. The molecule has 0 aromatic heterocycles. The number of rotatable bonds is 6. The lowest BCUT2D eigenvalue weighted by Crippen LogP contribution is -2.55. The van der Waals surface area contributed by atoms with Gasteiger partial charge in [0.05, 0.1) is 23.8 Å². The maximum Gasteiger partial charge on any atom is 0.416 e. The Labute approximate surface area is 181 Å². The van der Waals surface area contributed by atoms with Gasteiger partial charge >= 0.3 is 12.4 Å². The second kappa shape index (κ2) is 8.77. The van der Waals surface area contributed by atoms with E-state index in [9.17, 15) is 31.1 Å². The number of alkyl halides is 6. The van der Waals surface area contributed by atoms with Crippen LogP contribution >= 0.6 is 0 Å². The number of carbonyl (C=O) groups is 1. The van der Waals surface area contributed by atoms with Crippen LogP contribution in [0, 0.1) is 0 Å². The van der Waals surface area contributed by atoms with Crippen LogP contribution in [0.15, 0.2) is 48.5 Å². The summed E-state index contributed by atoms with van der Waals surface area (Å²) < 4.78 is 84.8. The molecule has 0 bridgehead atoms. The first-order valence-electron chi connectivity index (χ1n) is 10.0. The number of hydrogen-bond acceptors (Lipinski definition) is 2. The third kappa shape index (κ3) is 5.43. The molecular weight excluding hydrogens is 436 g/mol. The van der Waals surface area contributed by atoms with E-state index in [1.54, 1.807) is 0 Å². The summed E-state index contributed by atoms with van der Waals surface area (Å²) in [6.07, 6.45) is -9.72. The molecule has 1 aliphatic carbocycles. The molecular formula is C23H23F6NO2. The van der Waals surface area contributed by atoms with E-state index in [2.05, 4.69) is 5.32 Å². The molecule has 0 unspecified atom stereocenters. The van der Waals surface area contributed by atoms with Crippen LogP contribution in [0.2, 0.25) is 0 Å². The Morgan fingerprint density at radius 2 is 1.56 bits per heavy atom. The van der Waals surface area contributed by atoms with Gasteiger partial charge in [-0.15, -0.1) is 0 Å². The summed E-state index contributed by atoms with van der Waals surface area (Å²) in [5, 5.41) is 2.83. The molecule has 0 radical (unpaired) electrons. The highest BCUT2D eigenvalue weighted by atomic mass is 19.4. The third-order valence-electron chi connectivity index (χ3n) is 5.76. The summed E-state index contributed by atoms with van der Waals surface area (Å²) in [6, 6.07) is 10.7. The van der Waals surface area contributed by atoms with Crippen LogP contribution in [-0.2, 0) is 27.3 Å². The molecule has 1 N–H and O–H groups in total. The number of nitrogens with one attached hydrogen (secondary N) is 1. The van der Waals surface area contributed by atoms with Gasteiger partial charge in [-0.2, -0.15) is 26.3 Å². The van der Waals surface area contributed by atoms with Crippen molar-refractivity contribution in [3.63, 3.8) is 0 Å². The number of ether oxygens (including phenoxy) is 1. The van der Waals surface area contributed by atoms with Crippen LogP contribution < -0.4 is 5.32 Å². The van der Waals surface area contributed by atoms with Crippen molar-refractivity contribution >= 4 is 5.91 Å². The first kappa shape index (κ1) is 24.1. The van der Waals surface area contributed by atoms with E-state index in [1.807, 2.05) is 30.3 Å². The maximum absolute atomic E-state index is 13.2. The molecule has 0 heterocycles. The third-order valence-corrected chi connectivity index (χ3v) is 5.76. The lowest BCUT2D eigenvalue weighted by molar-refractivity contribution is -0.143. The number of amides is 1. The van der Waals surface area contributed by atoms with E-state index >= 15 is 0 Å². The Morgan fingerprint density at radius 3 is 2.03 bits per heavy atom. The summed E-state index contributed by atoms with van der Waals surface area (Å²) in [5.74, 6) is -0.172. The normalized spacial score (nSPS) is 22.2. The van der Waals surface area contributed by atoms with Crippen LogP contribution in [-0.4, -0.2) is 18.6 Å². The Hall–Kier alpha value is -2.55. The fourth-order valence-corrected chi connectivity index (χ4v) is 4.10. The van der Waals surface area contributed by atoms with E-state index in [-0.39, 0.29) is 30.2 Å². The van der Waals surface area contributed by atoms with Crippen LogP contribution in [0.4, 0.5) is 26.3 Å². The molecule has 3 rings (SSSR count). The second-order valence-electron chi connectivity index (χ2n) is 8.24. The van der Waals surface area contributed by atoms with Crippen molar-refractivity contribution in [2.45, 2.75) is 56.6 Å². The molecule has 32 heavy (non-hydrogen) atoms. The van der Waals surface area contributed by atoms with Crippen molar-refractivity contribution in [1.82, 2.24) is 5.32 Å². The average molecular weight is 459 g/mol. The number of carbonyl (C=O) groups excluding carboxylic acids is 1. The highest BCUT2D eigenvalue weighted by Gasteiger charge is 2.46. The highest BCUT2D eigenvalue weighted by Crippen LogP contribution is 2.45. The molecule has 3 nitrogen and oxygen atoms in total. The number of halogens is 6. The Bertz CT molecular complexity index is 917. The summed E-state index contributed by atoms with van der Waals surface area (Å²) in [4.78, 5) is 11.3. The molecule has 0 saturated heterocycles. The fourth-order valence-electron chi connectivity index (χ4n) is 4.10. The fraction of sp³-hybridized carbons (Fsp3) is 0.435. The molecule has 0 spiro atoms. The summed E-state index contributed by atoms with van der Waals surface area (Å²) >= 11 is 0. The zero-order chi connectivity index (χ0) is 23.7. The summed E-state index contributed by atoms with van der Waals surface area (Å²) in [5.41, 5.74) is -2.49. The quantitative estimate of drug-likeness (QED) is 0.535. The maximum atomic E-state index is 13.2. The smallest absolute Gasteiger partial charge is 0.373 e. The second-order valence-corrected chi connectivity index (χ2v) is 8.24. The molecule has 1 amide bonds. The summed E-state index contributed by atoms with van der Waals surface area (Å²) in [6.45, 7) is 2.93. The molecule has 174 valence electrons. The highest BCUT2D eigenvalue weighted by molar-refractivity contribution is 5.73. The molecule has 0 aliphatic heterocycles. The minimum atomic E-state index is -4.92. The van der Waals surface area contributed by atoms with E-state index in [0.717, 1.165) is 5.56 Å². The lowest BCUT2D eigenvalue weighted by Gasteiger charge is -2.48. The first-order chi connectivity index (χ1) is 14.8. The van der Waals surface area contributed by atoms with E-state index in [1.165, 1.54) is 13.8 Å². The van der Waals surface area contributed by atoms with Crippen LogP contribution in [0.3, 0.4) is 0 Å². The molecule has 2 aromatic rings. The van der Waals surface area contributed by atoms with Gasteiger partial charge in [-0.05, 0) is 49.1 Å². The monoisotopic (exact) mass is 459 g/mol. The van der Waals surface area contributed by atoms with Crippen molar-refractivity contribution in [2.24, 2.45) is 0 Å². The minimum absolute atomic E-state index is 0.0722. The lowest BCUT2D eigenvalue weighted by atomic mass is 9.62. The van der Waals surface area contributed by atoms with Gasteiger partial charge in [0.15, 0.2) is 0 Å². The van der Waals surface area contributed by atoms with Gasteiger partial charge < -0.3 is 10.1 Å². The van der Waals surface area contributed by atoms with Gasteiger partial charge in [0.2, 0.25) is 5.91 Å². The molecule has 2 aromatic carbocycles. The predicted octanol–water partition coefficient (Wildman–Crippen LogP) is 6.04. The van der Waals surface area contributed by atoms with Crippen molar-refractivity contribution in [3.05, 3.63) is 70.8 Å². The van der Waals surface area contributed by atoms with Gasteiger partial charge in [0.25, 0.3) is 0 Å². The van der Waals surface area contributed by atoms with Gasteiger partial charge in [-0.3, -0.25) is 4.79 Å². The van der Waals surface area contributed by atoms with E-state index < -0.39 is 35.0 Å². The molecule has 9 heteroatoms.